The first-order chi connectivity index (χ1) is 11.5. The number of pyridine rings is 1. The van der Waals surface area contributed by atoms with E-state index in [1.807, 2.05) is 30.3 Å². The van der Waals surface area contributed by atoms with Gasteiger partial charge in [-0.2, -0.15) is 0 Å². The Kier molecular flexibility index (Phi) is 6.36. The van der Waals surface area contributed by atoms with Crippen LogP contribution in [0.25, 0.3) is 0 Å². The van der Waals surface area contributed by atoms with Crippen molar-refractivity contribution < 1.29 is 4.79 Å². The first-order valence-corrected chi connectivity index (χ1v) is 8.52. The minimum absolute atomic E-state index is 0.0677. The van der Waals surface area contributed by atoms with E-state index in [2.05, 4.69) is 55.0 Å². The van der Waals surface area contributed by atoms with Crippen molar-refractivity contribution >= 4 is 11.7 Å². The van der Waals surface area contributed by atoms with Crippen molar-refractivity contribution in [1.29, 1.82) is 0 Å². The highest BCUT2D eigenvalue weighted by atomic mass is 16.1. The fourth-order valence-corrected chi connectivity index (χ4v) is 2.40. The molecule has 1 aromatic carbocycles. The van der Waals surface area contributed by atoms with Gasteiger partial charge >= 0.3 is 0 Å². The van der Waals surface area contributed by atoms with E-state index in [-0.39, 0.29) is 5.91 Å². The quantitative estimate of drug-likeness (QED) is 0.840. The van der Waals surface area contributed by atoms with Crippen molar-refractivity contribution in [2.45, 2.75) is 40.3 Å². The molecule has 4 heteroatoms. The summed E-state index contributed by atoms with van der Waals surface area (Å²) in [6, 6.07) is 14.4. The van der Waals surface area contributed by atoms with Crippen molar-refractivity contribution in [3.05, 3.63) is 59.8 Å². The first kappa shape index (κ1) is 18.0. The molecule has 1 aromatic heterocycles. The van der Waals surface area contributed by atoms with Gasteiger partial charge in [0.1, 0.15) is 5.82 Å². The molecule has 128 valence electrons. The Balaban J connectivity index is 2.10. The summed E-state index contributed by atoms with van der Waals surface area (Å²) in [5.74, 6) is 1.25. The van der Waals surface area contributed by atoms with Crippen LogP contribution in [0.2, 0.25) is 0 Å². The SMILES string of the molecule is CC(C)CNC(=O)c1ccc(N(Cc2ccccc2)C(C)C)nc1. The number of aromatic nitrogens is 1. The Hall–Kier alpha value is -2.36. The van der Waals surface area contributed by atoms with E-state index in [0.717, 1.165) is 12.4 Å². The molecular formula is C20H27N3O. The predicted octanol–water partition coefficient (Wildman–Crippen LogP) is 3.88. The molecule has 0 unspecified atom stereocenters. The van der Waals surface area contributed by atoms with Crippen LogP contribution in [-0.4, -0.2) is 23.5 Å². The topological polar surface area (TPSA) is 45.2 Å². The molecule has 1 N–H and O–H groups in total. The smallest absolute Gasteiger partial charge is 0.252 e. The van der Waals surface area contributed by atoms with Gasteiger partial charge in [0.15, 0.2) is 0 Å². The average Bonchev–Trinajstić information content (AvgIpc) is 2.58. The Morgan fingerprint density at radius 1 is 1.08 bits per heavy atom. The molecule has 0 bridgehead atoms. The van der Waals surface area contributed by atoms with Crippen molar-refractivity contribution in [1.82, 2.24) is 10.3 Å². The number of nitrogens with one attached hydrogen (secondary N) is 1. The van der Waals surface area contributed by atoms with Crippen LogP contribution in [-0.2, 0) is 6.54 Å². The van der Waals surface area contributed by atoms with E-state index in [1.54, 1.807) is 6.20 Å². The van der Waals surface area contributed by atoms with Crippen molar-refractivity contribution in [3.8, 4) is 0 Å². The van der Waals surface area contributed by atoms with Crippen LogP contribution in [0.15, 0.2) is 48.7 Å². The number of hydrogen-bond acceptors (Lipinski definition) is 3. The van der Waals surface area contributed by atoms with E-state index in [0.29, 0.717) is 24.1 Å². The Bertz CT molecular complexity index is 636. The van der Waals surface area contributed by atoms with Gasteiger partial charge in [-0.15, -0.1) is 0 Å². The summed E-state index contributed by atoms with van der Waals surface area (Å²) in [6.07, 6.45) is 1.66. The number of nitrogens with zero attached hydrogens (tertiary/aromatic N) is 2. The molecule has 0 spiro atoms. The van der Waals surface area contributed by atoms with Gasteiger partial charge in [0.05, 0.1) is 5.56 Å². The maximum absolute atomic E-state index is 12.1. The zero-order valence-corrected chi connectivity index (χ0v) is 15.0. The molecule has 0 atom stereocenters. The minimum atomic E-state index is -0.0677. The number of rotatable bonds is 7. The second kappa shape index (κ2) is 8.48. The first-order valence-electron chi connectivity index (χ1n) is 8.52. The summed E-state index contributed by atoms with van der Waals surface area (Å²) in [5.41, 5.74) is 1.84. The largest absolute Gasteiger partial charge is 0.352 e. The molecule has 0 aliphatic carbocycles. The molecule has 0 aliphatic heterocycles. The summed E-state index contributed by atoms with van der Waals surface area (Å²) >= 11 is 0. The molecular weight excluding hydrogens is 298 g/mol. The highest BCUT2D eigenvalue weighted by Gasteiger charge is 2.14. The van der Waals surface area contributed by atoms with Gasteiger partial charge in [0.25, 0.3) is 5.91 Å². The number of hydrogen-bond donors (Lipinski definition) is 1. The zero-order valence-electron chi connectivity index (χ0n) is 15.0. The van der Waals surface area contributed by atoms with Crippen LogP contribution in [0.4, 0.5) is 5.82 Å². The minimum Gasteiger partial charge on any atom is -0.352 e. The monoisotopic (exact) mass is 325 g/mol. The van der Waals surface area contributed by atoms with Crippen LogP contribution < -0.4 is 10.2 Å². The summed E-state index contributed by atoms with van der Waals surface area (Å²) < 4.78 is 0. The van der Waals surface area contributed by atoms with E-state index in [9.17, 15) is 4.79 Å². The molecule has 1 amide bonds. The molecule has 0 radical (unpaired) electrons. The van der Waals surface area contributed by atoms with Gasteiger partial charge in [0.2, 0.25) is 0 Å². The Morgan fingerprint density at radius 3 is 2.33 bits per heavy atom. The highest BCUT2D eigenvalue weighted by Crippen LogP contribution is 2.18. The van der Waals surface area contributed by atoms with E-state index < -0.39 is 0 Å². The lowest BCUT2D eigenvalue weighted by atomic mass is 10.1. The Labute approximate surface area is 144 Å². The molecule has 1 heterocycles. The zero-order chi connectivity index (χ0) is 17.5. The summed E-state index contributed by atoms with van der Waals surface area (Å²) in [5, 5.41) is 2.92. The van der Waals surface area contributed by atoms with Gasteiger partial charge in [-0.05, 0) is 37.5 Å². The van der Waals surface area contributed by atoms with Gasteiger partial charge in [-0.25, -0.2) is 4.98 Å². The molecule has 4 nitrogen and oxygen atoms in total. The third-order valence-electron chi connectivity index (χ3n) is 3.79. The normalized spacial score (nSPS) is 10.9. The third-order valence-corrected chi connectivity index (χ3v) is 3.79. The summed E-state index contributed by atoms with van der Waals surface area (Å²) in [6.45, 7) is 9.91. The maximum Gasteiger partial charge on any atom is 0.252 e. The lowest BCUT2D eigenvalue weighted by Crippen LogP contribution is -2.31. The van der Waals surface area contributed by atoms with Gasteiger partial charge < -0.3 is 10.2 Å². The molecule has 0 saturated heterocycles. The predicted molar refractivity (Wildman–Crippen MR) is 99.2 cm³/mol. The van der Waals surface area contributed by atoms with Crippen LogP contribution in [0.5, 0.6) is 0 Å². The fourth-order valence-electron chi connectivity index (χ4n) is 2.40. The van der Waals surface area contributed by atoms with E-state index in [4.69, 9.17) is 0 Å². The van der Waals surface area contributed by atoms with Crippen LogP contribution in [0.3, 0.4) is 0 Å². The standard InChI is InChI=1S/C20H27N3O/c1-15(2)12-22-20(24)18-10-11-19(21-13-18)23(16(3)4)14-17-8-6-5-7-9-17/h5-11,13,15-16H,12,14H2,1-4H3,(H,22,24). The van der Waals surface area contributed by atoms with E-state index >= 15 is 0 Å². The maximum atomic E-state index is 12.1. The van der Waals surface area contributed by atoms with Crippen molar-refractivity contribution in [2.75, 3.05) is 11.4 Å². The lowest BCUT2D eigenvalue weighted by Gasteiger charge is -2.28. The third kappa shape index (κ3) is 5.08. The number of anilines is 1. The van der Waals surface area contributed by atoms with Gasteiger partial charge in [0, 0.05) is 25.3 Å². The van der Waals surface area contributed by atoms with Gasteiger partial charge in [-0.3, -0.25) is 4.79 Å². The fraction of sp³-hybridized carbons (Fsp3) is 0.400. The molecule has 24 heavy (non-hydrogen) atoms. The van der Waals surface area contributed by atoms with Crippen LogP contribution in [0, 0.1) is 5.92 Å². The molecule has 0 saturated carbocycles. The lowest BCUT2D eigenvalue weighted by molar-refractivity contribution is 0.0948. The van der Waals surface area contributed by atoms with Gasteiger partial charge in [-0.1, -0.05) is 44.2 Å². The molecule has 2 aromatic rings. The number of benzene rings is 1. The Morgan fingerprint density at radius 2 is 1.79 bits per heavy atom. The molecule has 0 fully saturated rings. The number of amides is 1. The van der Waals surface area contributed by atoms with E-state index in [1.165, 1.54) is 5.56 Å². The second-order valence-corrected chi connectivity index (χ2v) is 6.72. The van der Waals surface area contributed by atoms with Crippen molar-refractivity contribution in [3.63, 3.8) is 0 Å². The highest BCUT2D eigenvalue weighted by molar-refractivity contribution is 5.94. The second-order valence-electron chi connectivity index (χ2n) is 6.72. The van der Waals surface area contributed by atoms with Crippen LogP contribution in [0.1, 0.15) is 43.6 Å². The number of carbonyl (C=O) groups is 1. The van der Waals surface area contributed by atoms with Crippen molar-refractivity contribution in [2.24, 2.45) is 5.92 Å². The number of carbonyl (C=O) groups excluding carboxylic acids is 1. The average molecular weight is 325 g/mol. The summed E-state index contributed by atoms with van der Waals surface area (Å²) in [7, 11) is 0. The van der Waals surface area contributed by atoms with Crippen LogP contribution >= 0.6 is 0 Å². The molecule has 2 rings (SSSR count). The molecule has 0 aliphatic rings. The summed E-state index contributed by atoms with van der Waals surface area (Å²) in [4.78, 5) is 18.8.